The van der Waals surface area contributed by atoms with E-state index in [4.69, 9.17) is 0 Å². The number of likely N-dealkylation sites (N-methyl/N-ethyl adjacent to an activating group) is 1. The van der Waals surface area contributed by atoms with Gasteiger partial charge >= 0.3 is 0 Å². The molecule has 28 heavy (non-hydrogen) atoms. The summed E-state index contributed by atoms with van der Waals surface area (Å²) in [6.07, 6.45) is 0.838. The van der Waals surface area contributed by atoms with E-state index in [1.54, 1.807) is 14.1 Å². The molecule has 0 bridgehead atoms. The molecule has 1 aromatic carbocycles. The summed E-state index contributed by atoms with van der Waals surface area (Å²) in [7, 11) is 3.44. The number of carbonyl (C=O) groups excluding carboxylic acids is 1. The van der Waals surface area contributed by atoms with Crippen molar-refractivity contribution in [2.45, 2.75) is 13.3 Å². The van der Waals surface area contributed by atoms with Gasteiger partial charge in [-0.1, -0.05) is 19.1 Å². The molecule has 7 nitrogen and oxygen atoms in total. The average molecular weight is 502 g/mol. The van der Waals surface area contributed by atoms with Crippen LogP contribution in [0.15, 0.2) is 29.3 Å². The summed E-state index contributed by atoms with van der Waals surface area (Å²) in [5, 5.41) is 9.39. The SMILES string of the molecule is CCN1CCN(CCNC(=NC)NCCc2cccc(C(=O)NC)c2)CC1.I. The number of nitrogens with one attached hydrogen (secondary N) is 3. The second-order valence-electron chi connectivity index (χ2n) is 6.73. The third-order valence-corrected chi connectivity index (χ3v) is 4.98. The minimum Gasteiger partial charge on any atom is -0.356 e. The van der Waals surface area contributed by atoms with Gasteiger partial charge in [-0.05, 0) is 30.7 Å². The average Bonchev–Trinajstić information content (AvgIpc) is 2.72. The van der Waals surface area contributed by atoms with Crippen LogP contribution in [0.3, 0.4) is 0 Å². The number of nitrogens with zero attached hydrogens (tertiary/aromatic N) is 3. The standard InChI is InChI=1S/C20H34N6O.HI/c1-4-25-12-14-26(15-13-25)11-10-24-20(22-3)23-9-8-17-6-5-7-18(16-17)19(27)21-2;/h5-7,16H,4,8-15H2,1-3H3,(H,21,27)(H2,22,23,24);1H. The first-order chi connectivity index (χ1) is 13.2. The first-order valence-electron chi connectivity index (χ1n) is 9.86. The number of carbonyl (C=O) groups is 1. The summed E-state index contributed by atoms with van der Waals surface area (Å²) in [6, 6.07) is 7.73. The third kappa shape index (κ3) is 8.32. The Morgan fingerprint density at radius 1 is 1.11 bits per heavy atom. The molecular formula is C20H35IN6O. The lowest BCUT2D eigenvalue weighted by molar-refractivity contribution is 0.0963. The van der Waals surface area contributed by atoms with Crippen molar-refractivity contribution in [2.75, 3.05) is 66.5 Å². The van der Waals surface area contributed by atoms with Crippen LogP contribution < -0.4 is 16.0 Å². The highest BCUT2D eigenvalue weighted by molar-refractivity contribution is 14.0. The zero-order chi connectivity index (χ0) is 19.5. The molecule has 1 aliphatic rings. The largest absolute Gasteiger partial charge is 0.356 e. The van der Waals surface area contributed by atoms with E-state index in [9.17, 15) is 4.79 Å². The van der Waals surface area contributed by atoms with Gasteiger partial charge < -0.3 is 20.9 Å². The van der Waals surface area contributed by atoms with Crippen molar-refractivity contribution >= 4 is 35.8 Å². The van der Waals surface area contributed by atoms with E-state index in [2.05, 4.69) is 37.7 Å². The van der Waals surface area contributed by atoms with Crippen molar-refractivity contribution in [2.24, 2.45) is 4.99 Å². The van der Waals surface area contributed by atoms with E-state index < -0.39 is 0 Å². The van der Waals surface area contributed by atoms with Crippen molar-refractivity contribution in [1.82, 2.24) is 25.8 Å². The van der Waals surface area contributed by atoms with Crippen LogP contribution in [0.5, 0.6) is 0 Å². The minimum absolute atomic E-state index is 0. The molecule has 1 amide bonds. The second kappa shape index (κ2) is 13.7. The van der Waals surface area contributed by atoms with Gasteiger partial charge in [-0.2, -0.15) is 0 Å². The summed E-state index contributed by atoms with van der Waals surface area (Å²) in [4.78, 5) is 21.0. The van der Waals surface area contributed by atoms with Crippen LogP contribution in [0.4, 0.5) is 0 Å². The van der Waals surface area contributed by atoms with Gasteiger partial charge in [0.15, 0.2) is 5.96 Å². The fourth-order valence-electron chi connectivity index (χ4n) is 3.22. The number of piperazine rings is 1. The van der Waals surface area contributed by atoms with Gasteiger partial charge in [0.05, 0.1) is 0 Å². The Balaban J connectivity index is 0.00000392. The van der Waals surface area contributed by atoms with Crippen LogP contribution >= 0.6 is 24.0 Å². The maximum atomic E-state index is 11.7. The van der Waals surface area contributed by atoms with E-state index >= 15 is 0 Å². The Labute approximate surface area is 186 Å². The van der Waals surface area contributed by atoms with Crippen LogP contribution in [0.25, 0.3) is 0 Å². The molecular weight excluding hydrogens is 467 g/mol. The number of hydrogen-bond acceptors (Lipinski definition) is 4. The zero-order valence-corrected chi connectivity index (χ0v) is 19.7. The van der Waals surface area contributed by atoms with Crippen molar-refractivity contribution in [3.8, 4) is 0 Å². The Kier molecular flexibility index (Phi) is 12.1. The van der Waals surface area contributed by atoms with Crippen LogP contribution in [0.2, 0.25) is 0 Å². The maximum Gasteiger partial charge on any atom is 0.251 e. The number of rotatable bonds is 8. The summed E-state index contributed by atoms with van der Waals surface area (Å²) >= 11 is 0. The number of benzene rings is 1. The molecule has 0 saturated carbocycles. The van der Waals surface area contributed by atoms with Crippen LogP contribution in [0, 0.1) is 0 Å². The minimum atomic E-state index is -0.0537. The fraction of sp³-hybridized carbons (Fsp3) is 0.600. The molecule has 1 aromatic rings. The normalized spacial score (nSPS) is 15.6. The molecule has 3 N–H and O–H groups in total. The van der Waals surface area contributed by atoms with Gasteiger partial charge in [0, 0.05) is 65.5 Å². The molecule has 0 radical (unpaired) electrons. The van der Waals surface area contributed by atoms with Crippen LogP contribution in [0.1, 0.15) is 22.8 Å². The molecule has 0 atom stereocenters. The van der Waals surface area contributed by atoms with E-state index in [-0.39, 0.29) is 29.9 Å². The van der Waals surface area contributed by atoms with Gasteiger partial charge in [-0.15, -0.1) is 24.0 Å². The van der Waals surface area contributed by atoms with E-state index in [1.165, 1.54) is 13.1 Å². The second-order valence-corrected chi connectivity index (χ2v) is 6.73. The Morgan fingerprint density at radius 2 is 1.79 bits per heavy atom. The first-order valence-corrected chi connectivity index (χ1v) is 9.86. The highest BCUT2D eigenvalue weighted by Crippen LogP contribution is 2.05. The summed E-state index contributed by atoms with van der Waals surface area (Å²) < 4.78 is 0. The van der Waals surface area contributed by atoms with Crippen LogP contribution in [-0.2, 0) is 6.42 Å². The zero-order valence-electron chi connectivity index (χ0n) is 17.3. The van der Waals surface area contributed by atoms with Gasteiger partial charge in [-0.3, -0.25) is 14.7 Å². The van der Waals surface area contributed by atoms with Gasteiger partial charge in [0.2, 0.25) is 0 Å². The molecule has 0 unspecified atom stereocenters. The number of aliphatic imine (C=N–C) groups is 1. The lowest BCUT2D eigenvalue weighted by Crippen LogP contribution is -2.49. The van der Waals surface area contributed by atoms with E-state index in [0.29, 0.717) is 5.56 Å². The first kappa shape index (κ1) is 24.6. The molecule has 0 aromatic heterocycles. The number of amides is 1. The Bertz CT molecular complexity index is 616. The maximum absolute atomic E-state index is 11.7. The topological polar surface area (TPSA) is 72.0 Å². The fourth-order valence-corrected chi connectivity index (χ4v) is 3.22. The molecule has 0 spiro atoms. The number of hydrogen-bond donors (Lipinski definition) is 3. The van der Waals surface area contributed by atoms with Crippen molar-refractivity contribution in [3.63, 3.8) is 0 Å². The Hall–Kier alpha value is -1.39. The quantitative estimate of drug-likeness (QED) is 0.281. The highest BCUT2D eigenvalue weighted by Gasteiger charge is 2.14. The van der Waals surface area contributed by atoms with Gasteiger partial charge in [0.1, 0.15) is 0 Å². The molecule has 158 valence electrons. The van der Waals surface area contributed by atoms with Crippen LogP contribution in [-0.4, -0.2) is 88.1 Å². The summed E-state index contributed by atoms with van der Waals surface area (Å²) in [5.74, 6) is 0.770. The highest BCUT2D eigenvalue weighted by atomic mass is 127. The number of halogens is 1. The molecule has 8 heteroatoms. The predicted molar refractivity (Wildman–Crippen MR) is 127 cm³/mol. The summed E-state index contributed by atoms with van der Waals surface area (Å²) in [5.41, 5.74) is 1.83. The molecule has 1 aliphatic heterocycles. The third-order valence-electron chi connectivity index (χ3n) is 4.98. The smallest absolute Gasteiger partial charge is 0.251 e. The monoisotopic (exact) mass is 502 g/mol. The molecule has 1 saturated heterocycles. The lowest BCUT2D eigenvalue weighted by atomic mass is 10.1. The predicted octanol–water partition coefficient (Wildman–Crippen LogP) is 1.01. The van der Waals surface area contributed by atoms with Gasteiger partial charge in [-0.25, -0.2) is 0 Å². The Morgan fingerprint density at radius 3 is 2.43 bits per heavy atom. The molecule has 1 fully saturated rings. The lowest BCUT2D eigenvalue weighted by Gasteiger charge is -2.34. The molecule has 2 rings (SSSR count). The molecule has 0 aliphatic carbocycles. The van der Waals surface area contributed by atoms with E-state index in [0.717, 1.165) is 57.2 Å². The van der Waals surface area contributed by atoms with Crippen molar-refractivity contribution in [1.29, 1.82) is 0 Å². The number of guanidine groups is 1. The van der Waals surface area contributed by atoms with Gasteiger partial charge in [0.25, 0.3) is 5.91 Å². The van der Waals surface area contributed by atoms with Crippen molar-refractivity contribution < 1.29 is 4.79 Å². The molecule has 1 heterocycles. The summed E-state index contributed by atoms with van der Waals surface area (Å²) in [6.45, 7) is 10.7. The van der Waals surface area contributed by atoms with Crippen molar-refractivity contribution in [3.05, 3.63) is 35.4 Å². The van der Waals surface area contributed by atoms with E-state index in [1.807, 2.05) is 24.3 Å².